The zero-order valence-corrected chi connectivity index (χ0v) is 19.7. The van der Waals surface area contributed by atoms with Gasteiger partial charge in [0.2, 0.25) is 11.8 Å². The first-order valence-electron chi connectivity index (χ1n) is 11.6. The van der Waals surface area contributed by atoms with Gasteiger partial charge in [0.05, 0.1) is 22.7 Å². The number of aromatic carboxylic acids is 1. The number of aromatic amines is 1. The van der Waals surface area contributed by atoms with Crippen molar-refractivity contribution < 1.29 is 37.5 Å². The monoisotopic (exact) mass is 530 g/mol. The number of carboxylic acid groups (broad SMARTS) is 1. The predicted octanol–water partition coefficient (Wildman–Crippen LogP) is 1.86. The fourth-order valence-corrected chi connectivity index (χ4v) is 5.17. The number of nitrogens with one attached hydrogen (secondary N) is 2. The summed E-state index contributed by atoms with van der Waals surface area (Å²) in [6, 6.07) is 5.85. The summed E-state index contributed by atoms with van der Waals surface area (Å²) in [5, 5.41) is 18.8. The molecule has 0 radical (unpaired) electrons. The molecule has 2 aromatic heterocycles. The Bertz CT molecular complexity index is 1460. The second-order valence-electron chi connectivity index (χ2n) is 9.19. The Morgan fingerprint density at radius 3 is 2.58 bits per heavy atom. The van der Waals surface area contributed by atoms with Crippen LogP contribution < -0.4 is 10.2 Å². The minimum atomic E-state index is -4.63. The van der Waals surface area contributed by atoms with Crippen molar-refractivity contribution >= 4 is 40.4 Å². The van der Waals surface area contributed by atoms with Crippen molar-refractivity contribution in [1.82, 2.24) is 25.4 Å². The molecule has 0 aliphatic carbocycles. The summed E-state index contributed by atoms with van der Waals surface area (Å²) >= 11 is 0. The van der Waals surface area contributed by atoms with Crippen LogP contribution in [-0.2, 0) is 15.0 Å². The van der Waals surface area contributed by atoms with Crippen molar-refractivity contribution in [2.24, 2.45) is 0 Å². The molecule has 0 bridgehead atoms. The molecule has 3 aromatic rings. The van der Waals surface area contributed by atoms with Crippen LogP contribution >= 0.6 is 0 Å². The third-order valence-electron chi connectivity index (χ3n) is 6.93. The number of fused-ring (bicyclic) bond motifs is 3. The van der Waals surface area contributed by atoms with E-state index in [4.69, 9.17) is 0 Å². The van der Waals surface area contributed by atoms with E-state index >= 15 is 0 Å². The van der Waals surface area contributed by atoms with E-state index in [1.165, 1.54) is 35.5 Å². The number of pyridine rings is 1. The van der Waals surface area contributed by atoms with Crippen LogP contribution in [0.25, 0.3) is 11.0 Å². The Hall–Kier alpha value is -4.49. The van der Waals surface area contributed by atoms with Crippen molar-refractivity contribution in [3.63, 3.8) is 0 Å². The highest BCUT2D eigenvalue weighted by Gasteiger charge is 2.54. The van der Waals surface area contributed by atoms with Gasteiger partial charge in [-0.1, -0.05) is 6.07 Å². The smallest absolute Gasteiger partial charge is 0.405 e. The number of aromatic nitrogens is 3. The quantitative estimate of drug-likeness (QED) is 0.456. The number of carboxylic acids is 1. The molecule has 11 nitrogen and oxygen atoms in total. The number of hydrogen-bond donors (Lipinski definition) is 3. The van der Waals surface area contributed by atoms with Crippen LogP contribution in [-0.4, -0.2) is 81.2 Å². The number of nitrogens with zero attached hydrogens (tertiary/aromatic N) is 4. The van der Waals surface area contributed by atoms with Gasteiger partial charge in [-0.15, -0.1) is 0 Å². The summed E-state index contributed by atoms with van der Waals surface area (Å²) < 4.78 is 37.7. The summed E-state index contributed by atoms with van der Waals surface area (Å²) in [4.78, 5) is 57.9. The average molecular weight is 530 g/mol. The number of carbonyl (C=O) groups is 4. The molecular weight excluding hydrogens is 509 g/mol. The molecule has 1 saturated heterocycles. The fourth-order valence-electron chi connectivity index (χ4n) is 5.17. The topological polar surface area (TPSA) is 149 Å². The van der Waals surface area contributed by atoms with Gasteiger partial charge in [0, 0.05) is 35.9 Å². The number of benzene rings is 1. The molecule has 38 heavy (non-hydrogen) atoms. The van der Waals surface area contributed by atoms with Gasteiger partial charge in [0.25, 0.3) is 5.91 Å². The molecule has 1 fully saturated rings. The standard InChI is InChI=1S/C24H21F3N6O5/c25-24(26,27)12-29-17(34)11-33-16-3-1-2-15(21(36)37)18(16)23(22(33)38)4-6-32(7-5-23)20(35)14-8-13-10-30-31-19(13)28-9-14/h1-3,8-10H,4-7,11-12H2,(H,29,34)(H,36,37)(H,28,30,31). The molecule has 4 heterocycles. The van der Waals surface area contributed by atoms with E-state index in [-0.39, 0.29) is 48.7 Å². The van der Waals surface area contributed by atoms with Crippen LogP contribution in [0.4, 0.5) is 18.9 Å². The first kappa shape index (κ1) is 25.2. The lowest BCUT2D eigenvalue weighted by Gasteiger charge is -2.39. The molecule has 14 heteroatoms. The highest BCUT2D eigenvalue weighted by molar-refractivity contribution is 6.13. The number of rotatable bonds is 5. The minimum Gasteiger partial charge on any atom is -0.478 e. The highest BCUT2D eigenvalue weighted by atomic mass is 19.4. The molecule has 0 unspecified atom stereocenters. The zero-order valence-electron chi connectivity index (χ0n) is 19.7. The van der Waals surface area contributed by atoms with E-state index in [1.807, 2.05) is 0 Å². The maximum absolute atomic E-state index is 13.7. The lowest BCUT2D eigenvalue weighted by Crippen LogP contribution is -2.52. The lowest BCUT2D eigenvalue weighted by atomic mass is 9.72. The third-order valence-corrected chi connectivity index (χ3v) is 6.93. The van der Waals surface area contributed by atoms with Crippen molar-refractivity contribution in [3.8, 4) is 0 Å². The van der Waals surface area contributed by atoms with Gasteiger partial charge in [0.1, 0.15) is 13.1 Å². The van der Waals surface area contributed by atoms with Gasteiger partial charge in [-0.2, -0.15) is 18.3 Å². The molecule has 1 aromatic carbocycles. The normalized spacial score (nSPS) is 16.7. The minimum absolute atomic E-state index is 0.0664. The maximum Gasteiger partial charge on any atom is 0.405 e. The Kier molecular flexibility index (Phi) is 6.04. The Morgan fingerprint density at radius 1 is 1.16 bits per heavy atom. The number of H-pyrrole nitrogens is 1. The number of amides is 3. The molecule has 198 valence electrons. The van der Waals surface area contributed by atoms with Gasteiger partial charge >= 0.3 is 12.1 Å². The van der Waals surface area contributed by atoms with E-state index in [0.717, 1.165) is 4.90 Å². The first-order valence-corrected chi connectivity index (χ1v) is 11.6. The van der Waals surface area contributed by atoms with E-state index < -0.39 is 42.5 Å². The third kappa shape index (κ3) is 4.31. The summed E-state index contributed by atoms with van der Waals surface area (Å²) in [5.41, 5.74) is -0.280. The number of alkyl halides is 3. The van der Waals surface area contributed by atoms with Crippen molar-refractivity contribution in [3.05, 3.63) is 53.3 Å². The van der Waals surface area contributed by atoms with Crippen LogP contribution in [0.15, 0.2) is 36.7 Å². The first-order chi connectivity index (χ1) is 18.0. The molecule has 5 rings (SSSR count). The molecule has 3 amide bonds. The Morgan fingerprint density at radius 2 is 1.89 bits per heavy atom. The van der Waals surface area contributed by atoms with E-state index in [2.05, 4.69) is 15.2 Å². The van der Waals surface area contributed by atoms with Crippen LogP contribution in [0.2, 0.25) is 0 Å². The van der Waals surface area contributed by atoms with Crippen LogP contribution in [0, 0.1) is 0 Å². The summed E-state index contributed by atoms with van der Waals surface area (Å²) in [7, 11) is 0. The fraction of sp³-hybridized carbons (Fsp3) is 0.333. The highest BCUT2D eigenvalue weighted by Crippen LogP contribution is 2.49. The number of halogens is 3. The largest absolute Gasteiger partial charge is 0.478 e. The van der Waals surface area contributed by atoms with E-state index in [1.54, 1.807) is 11.4 Å². The molecule has 2 aliphatic rings. The SMILES string of the molecule is O=C(CN1C(=O)C2(CCN(C(=O)c3cnc4[nH]ncc4c3)CC2)c2c(C(=O)O)cccc21)NCC(F)(F)F. The van der Waals surface area contributed by atoms with Crippen LogP contribution in [0.3, 0.4) is 0 Å². The zero-order chi connectivity index (χ0) is 27.2. The molecule has 3 N–H and O–H groups in total. The van der Waals surface area contributed by atoms with Crippen molar-refractivity contribution in [2.75, 3.05) is 31.1 Å². The Balaban J connectivity index is 1.41. The predicted molar refractivity (Wildman–Crippen MR) is 126 cm³/mol. The molecule has 2 aliphatic heterocycles. The Labute approximate surface area is 212 Å². The van der Waals surface area contributed by atoms with Crippen molar-refractivity contribution in [1.29, 1.82) is 0 Å². The number of hydrogen-bond acceptors (Lipinski definition) is 6. The number of carbonyl (C=O) groups excluding carboxylic acids is 3. The average Bonchev–Trinajstić information content (AvgIpc) is 3.44. The molecule has 0 atom stereocenters. The van der Waals surface area contributed by atoms with Crippen LogP contribution in [0.1, 0.15) is 39.1 Å². The number of anilines is 1. The molecular formula is C24H21F3N6O5. The lowest BCUT2D eigenvalue weighted by molar-refractivity contribution is -0.138. The molecule has 0 saturated carbocycles. The summed E-state index contributed by atoms with van der Waals surface area (Å²) in [6.07, 6.45) is -1.55. The maximum atomic E-state index is 13.7. The number of likely N-dealkylation sites (tertiary alicyclic amines) is 1. The second-order valence-corrected chi connectivity index (χ2v) is 9.19. The van der Waals surface area contributed by atoms with Gasteiger partial charge in [-0.3, -0.25) is 19.5 Å². The van der Waals surface area contributed by atoms with Gasteiger partial charge in [0.15, 0.2) is 5.65 Å². The van der Waals surface area contributed by atoms with Crippen molar-refractivity contribution in [2.45, 2.75) is 24.4 Å². The second kappa shape index (κ2) is 9.11. The van der Waals surface area contributed by atoms with Crippen LogP contribution in [0.5, 0.6) is 0 Å². The van der Waals surface area contributed by atoms with Gasteiger partial charge < -0.3 is 20.2 Å². The van der Waals surface area contributed by atoms with Gasteiger partial charge in [-0.05, 0) is 31.0 Å². The van der Waals surface area contributed by atoms with E-state index in [0.29, 0.717) is 16.6 Å². The summed E-state index contributed by atoms with van der Waals surface area (Å²) in [5.74, 6) is -3.22. The number of piperidine rings is 1. The molecule has 1 spiro atoms. The summed E-state index contributed by atoms with van der Waals surface area (Å²) in [6.45, 7) is -2.05. The van der Waals surface area contributed by atoms with E-state index in [9.17, 15) is 37.5 Å². The van der Waals surface area contributed by atoms with Gasteiger partial charge in [-0.25, -0.2) is 9.78 Å².